The lowest BCUT2D eigenvalue weighted by atomic mass is 9.93. The van der Waals surface area contributed by atoms with Gasteiger partial charge in [0, 0.05) is 19.2 Å². The fourth-order valence-electron chi connectivity index (χ4n) is 3.02. The average Bonchev–Trinajstić information content (AvgIpc) is 3.19. The number of fused-ring (bicyclic) bond motifs is 1. The van der Waals surface area contributed by atoms with Crippen LogP contribution in [0.1, 0.15) is 23.2 Å². The summed E-state index contributed by atoms with van der Waals surface area (Å²) in [6.45, 7) is 4.85. The Morgan fingerprint density at radius 3 is 2.75 bits per heavy atom. The number of allylic oxidation sites excluding steroid dienone is 1. The zero-order valence-corrected chi connectivity index (χ0v) is 15.6. The zero-order valence-electron chi connectivity index (χ0n) is 15.6. The first-order valence-electron chi connectivity index (χ1n) is 8.84. The molecule has 28 heavy (non-hydrogen) atoms. The average molecular weight is 376 g/mol. The molecule has 0 fully saturated rings. The summed E-state index contributed by atoms with van der Waals surface area (Å²) in [6, 6.07) is 9.83. The van der Waals surface area contributed by atoms with E-state index in [1.54, 1.807) is 25.3 Å². The molecule has 0 unspecified atom stereocenters. The minimum absolute atomic E-state index is 0.153. The van der Waals surface area contributed by atoms with Gasteiger partial charge in [-0.15, -0.1) is 6.58 Å². The monoisotopic (exact) mass is 376 g/mol. The largest absolute Gasteiger partial charge is 0.454 e. The van der Waals surface area contributed by atoms with E-state index in [1.165, 1.54) is 0 Å². The number of hydrogen-bond donors (Lipinski definition) is 1. The van der Waals surface area contributed by atoms with Crippen molar-refractivity contribution in [1.82, 2.24) is 4.98 Å². The number of hydrogen-bond acceptors (Lipinski definition) is 7. The van der Waals surface area contributed by atoms with Gasteiger partial charge in [-0.05, 0) is 30.5 Å². The lowest BCUT2D eigenvalue weighted by Gasteiger charge is -2.16. The first kappa shape index (κ1) is 19.2. The summed E-state index contributed by atoms with van der Waals surface area (Å²) >= 11 is 0. The summed E-state index contributed by atoms with van der Waals surface area (Å²) in [6.07, 6.45) is 3.00. The third kappa shape index (κ3) is 3.75. The van der Waals surface area contributed by atoms with Crippen LogP contribution in [0.15, 0.2) is 30.9 Å². The van der Waals surface area contributed by atoms with Crippen LogP contribution >= 0.6 is 0 Å². The van der Waals surface area contributed by atoms with Gasteiger partial charge in [-0.1, -0.05) is 12.1 Å². The van der Waals surface area contributed by atoms with Crippen molar-refractivity contribution in [3.8, 4) is 34.8 Å². The number of nitrogens with zero attached hydrogens (tertiary/aromatic N) is 3. The van der Waals surface area contributed by atoms with Crippen molar-refractivity contribution in [1.29, 1.82) is 10.5 Å². The molecule has 0 bridgehead atoms. The Morgan fingerprint density at radius 1 is 1.25 bits per heavy atom. The number of benzene rings is 1. The summed E-state index contributed by atoms with van der Waals surface area (Å²) in [5, 5.41) is 22.9. The molecule has 1 aliphatic rings. The van der Waals surface area contributed by atoms with Crippen LogP contribution in [0.3, 0.4) is 0 Å². The minimum atomic E-state index is 0.153. The molecule has 0 radical (unpaired) electrons. The van der Waals surface area contributed by atoms with E-state index in [4.69, 9.17) is 14.2 Å². The molecule has 0 saturated carbocycles. The third-order valence-electron chi connectivity index (χ3n) is 4.34. The summed E-state index contributed by atoms with van der Waals surface area (Å²) in [5.74, 6) is 1.66. The number of rotatable bonds is 8. The van der Waals surface area contributed by atoms with Gasteiger partial charge in [-0.25, -0.2) is 4.98 Å². The highest BCUT2D eigenvalue weighted by Crippen LogP contribution is 2.39. The number of methoxy groups -OCH3 is 1. The second-order valence-electron chi connectivity index (χ2n) is 6.07. The maximum absolute atomic E-state index is 9.86. The van der Waals surface area contributed by atoms with Crippen LogP contribution in [0.4, 0.5) is 5.82 Å². The fraction of sp³-hybridized carbons (Fsp3) is 0.286. The smallest absolute Gasteiger partial charge is 0.231 e. The molecular weight excluding hydrogens is 356 g/mol. The molecule has 1 aromatic carbocycles. The second kappa shape index (κ2) is 8.90. The number of aromatic nitrogens is 1. The van der Waals surface area contributed by atoms with Gasteiger partial charge in [0.2, 0.25) is 6.79 Å². The van der Waals surface area contributed by atoms with Gasteiger partial charge in [0.1, 0.15) is 23.5 Å². The molecule has 1 aliphatic heterocycles. The number of nitriles is 2. The van der Waals surface area contributed by atoms with Crippen LogP contribution in [0.5, 0.6) is 11.5 Å². The van der Waals surface area contributed by atoms with Crippen LogP contribution in [-0.2, 0) is 11.2 Å². The molecule has 3 rings (SSSR count). The van der Waals surface area contributed by atoms with Crippen LogP contribution < -0.4 is 14.8 Å². The molecule has 1 N–H and O–H groups in total. The van der Waals surface area contributed by atoms with Gasteiger partial charge in [0.05, 0.1) is 17.9 Å². The predicted octanol–water partition coefficient (Wildman–Crippen LogP) is 3.40. The molecule has 7 heteroatoms. The first-order valence-corrected chi connectivity index (χ1v) is 8.84. The van der Waals surface area contributed by atoms with Gasteiger partial charge < -0.3 is 19.5 Å². The van der Waals surface area contributed by atoms with Crippen molar-refractivity contribution in [2.75, 3.05) is 32.4 Å². The van der Waals surface area contributed by atoms with E-state index in [-0.39, 0.29) is 6.79 Å². The van der Waals surface area contributed by atoms with Crippen molar-refractivity contribution in [3.63, 3.8) is 0 Å². The fourth-order valence-corrected chi connectivity index (χ4v) is 3.02. The van der Waals surface area contributed by atoms with E-state index < -0.39 is 0 Å². The predicted molar refractivity (Wildman–Crippen MR) is 104 cm³/mol. The Hall–Kier alpha value is -3.55. The maximum Gasteiger partial charge on any atom is 0.231 e. The van der Waals surface area contributed by atoms with Gasteiger partial charge in [-0.2, -0.15) is 10.5 Å². The lowest BCUT2D eigenvalue weighted by Crippen LogP contribution is -2.13. The van der Waals surface area contributed by atoms with Crippen molar-refractivity contribution in [2.45, 2.75) is 12.8 Å². The van der Waals surface area contributed by atoms with E-state index in [9.17, 15) is 10.5 Å². The SMILES string of the molecule is C=CCCc1nc(NCCOC)c(C#N)c(-c2ccc3c(c2)OCO3)c1C#N. The minimum Gasteiger partial charge on any atom is -0.454 e. The maximum atomic E-state index is 9.86. The summed E-state index contributed by atoms with van der Waals surface area (Å²) < 4.78 is 15.9. The van der Waals surface area contributed by atoms with Crippen molar-refractivity contribution < 1.29 is 14.2 Å². The van der Waals surface area contributed by atoms with Gasteiger partial charge >= 0.3 is 0 Å². The van der Waals surface area contributed by atoms with Crippen molar-refractivity contribution in [3.05, 3.63) is 47.7 Å². The molecule has 142 valence electrons. The Labute approximate surface area is 163 Å². The van der Waals surface area contributed by atoms with E-state index in [2.05, 4.69) is 29.0 Å². The van der Waals surface area contributed by atoms with E-state index in [0.29, 0.717) is 71.3 Å². The Bertz CT molecular complexity index is 973. The number of ether oxygens (including phenoxy) is 3. The van der Waals surface area contributed by atoms with Gasteiger partial charge in [0.25, 0.3) is 0 Å². The topological polar surface area (TPSA) is 100 Å². The van der Waals surface area contributed by atoms with Crippen LogP contribution in [0.25, 0.3) is 11.1 Å². The van der Waals surface area contributed by atoms with Gasteiger partial charge in [0.15, 0.2) is 11.5 Å². The zero-order chi connectivity index (χ0) is 19.9. The Morgan fingerprint density at radius 2 is 2.04 bits per heavy atom. The van der Waals surface area contributed by atoms with Crippen LogP contribution in [0, 0.1) is 22.7 Å². The highest BCUT2D eigenvalue weighted by molar-refractivity contribution is 5.83. The highest BCUT2D eigenvalue weighted by atomic mass is 16.7. The lowest BCUT2D eigenvalue weighted by molar-refractivity contribution is 0.174. The summed E-state index contributed by atoms with van der Waals surface area (Å²) in [5.41, 5.74) is 2.56. The Balaban J connectivity index is 2.19. The highest BCUT2D eigenvalue weighted by Gasteiger charge is 2.23. The summed E-state index contributed by atoms with van der Waals surface area (Å²) in [7, 11) is 1.60. The van der Waals surface area contributed by atoms with Crippen LogP contribution in [-0.4, -0.2) is 32.0 Å². The molecule has 2 heterocycles. The molecule has 7 nitrogen and oxygen atoms in total. The molecule has 0 amide bonds. The second-order valence-corrected chi connectivity index (χ2v) is 6.07. The quantitative estimate of drug-likeness (QED) is 0.557. The number of nitrogens with one attached hydrogen (secondary N) is 1. The molecule has 0 spiro atoms. The van der Waals surface area contributed by atoms with E-state index >= 15 is 0 Å². The first-order chi connectivity index (χ1) is 13.7. The molecule has 1 aromatic heterocycles. The molecule has 0 aliphatic carbocycles. The third-order valence-corrected chi connectivity index (χ3v) is 4.34. The van der Waals surface area contributed by atoms with E-state index in [0.717, 1.165) is 0 Å². The van der Waals surface area contributed by atoms with E-state index in [1.807, 2.05) is 6.07 Å². The molecular formula is C21H20N4O3. The van der Waals surface area contributed by atoms with Gasteiger partial charge in [-0.3, -0.25) is 0 Å². The summed E-state index contributed by atoms with van der Waals surface area (Å²) in [4.78, 5) is 4.57. The number of aryl methyl sites for hydroxylation is 1. The van der Waals surface area contributed by atoms with Crippen LogP contribution in [0.2, 0.25) is 0 Å². The Kier molecular flexibility index (Phi) is 6.11. The number of anilines is 1. The normalized spacial score (nSPS) is 11.5. The van der Waals surface area contributed by atoms with Crippen molar-refractivity contribution >= 4 is 5.82 Å². The molecule has 2 aromatic rings. The molecule has 0 atom stereocenters. The number of pyridine rings is 1. The van der Waals surface area contributed by atoms with Crippen molar-refractivity contribution in [2.24, 2.45) is 0 Å². The molecule has 0 saturated heterocycles. The standard InChI is InChI=1S/C21H20N4O3/c1-3-4-5-17-15(11-22)20(14-6-7-18-19(10-14)28-13-27-18)16(12-23)21(25-17)24-8-9-26-2/h3,6-7,10H,1,4-5,8-9,13H2,2H3,(H,24,25).